The van der Waals surface area contributed by atoms with Crippen molar-refractivity contribution < 1.29 is 24.6 Å². The second kappa shape index (κ2) is 10.1. The zero-order chi connectivity index (χ0) is 20.5. The van der Waals surface area contributed by atoms with E-state index in [0.717, 1.165) is 29.8 Å². The quantitative estimate of drug-likeness (QED) is 0.583. The van der Waals surface area contributed by atoms with Crippen molar-refractivity contribution in [2.75, 3.05) is 18.0 Å². The van der Waals surface area contributed by atoms with Gasteiger partial charge in [-0.1, -0.05) is 49.4 Å². The van der Waals surface area contributed by atoms with E-state index in [1.165, 1.54) is 12.1 Å². The van der Waals surface area contributed by atoms with Crippen molar-refractivity contribution >= 4 is 23.4 Å². The molecule has 6 heteroatoms. The molecule has 3 rings (SSSR count). The molecule has 0 aliphatic carbocycles. The second-order valence-electron chi connectivity index (χ2n) is 6.19. The van der Waals surface area contributed by atoms with Gasteiger partial charge in [-0.05, 0) is 18.1 Å². The van der Waals surface area contributed by atoms with E-state index in [1.54, 1.807) is 0 Å². The zero-order valence-electron chi connectivity index (χ0n) is 15.7. The number of carbonyl (C=O) groups is 3. The van der Waals surface area contributed by atoms with Crippen molar-refractivity contribution in [1.82, 2.24) is 0 Å². The summed E-state index contributed by atoms with van der Waals surface area (Å²) in [5, 5.41) is 15.6. The SMILES string of the molecule is CCC(=O)c1cccc(N2CCC2)c1-c1ccccc1.O=C(O)/C=C\C(=O)O. The fraction of sp³-hybridized carbons (Fsp3) is 0.227. The van der Waals surface area contributed by atoms with Gasteiger partial charge in [-0.2, -0.15) is 0 Å². The number of carboxylic acids is 2. The van der Waals surface area contributed by atoms with Gasteiger partial charge in [-0.15, -0.1) is 0 Å². The molecule has 28 heavy (non-hydrogen) atoms. The maximum absolute atomic E-state index is 12.3. The minimum Gasteiger partial charge on any atom is -0.478 e. The second-order valence-corrected chi connectivity index (χ2v) is 6.19. The van der Waals surface area contributed by atoms with Crippen LogP contribution in [0, 0.1) is 0 Å². The van der Waals surface area contributed by atoms with Crippen LogP contribution >= 0.6 is 0 Å². The average molecular weight is 381 g/mol. The van der Waals surface area contributed by atoms with Crippen LogP contribution in [0.1, 0.15) is 30.1 Å². The van der Waals surface area contributed by atoms with Gasteiger partial charge >= 0.3 is 11.9 Å². The highest BCUT2D eigenvalue weighted by Gasteiger charge is 2.22. The molecular weight excluding hydrogens is 358 g/mol. The maximum atomic E-state index is 12.3. The molecule has 1 saturated heterocycles. The van der Waals surface area contributed by atoms with Crippen molar-refractivity contribution in [2.45, 2.75) is 19.8 Å². The van der Waals surface area contributed by atoms with Crippen LogP contribution < -0.4 is 4.90 Å². The largest absolute Gasteiger partial charge is 0.478 e. The standard InChI is InChI=1S/C18H19NO.C4H4O4/c1-2-17(20)15-10-6-11-16(19-12-7-13-19)18(15)14-8-4-3-5-9-14;5-3(6)1-2-4(7)8/h3-6,8-11H,2,7,12-13H2,1H3;1-2H,(H,5,6)(H,7,8)/b;2-1-. The minimum absolute atomic E-state index is 0.214. The van der Waals surface area contributed by atoms with E-state index in [2.05, 4.69) is 23.1 Å². The first-order valence-corrected chi connectivity index (χ1v) is 9.04. The molecule has 0 radical (unpaired) electrons. The summed E-state index contributed by atoms with van der Waals surface area (Å²) in [6.45, 7) is 4.10. The summed E-state index contributed by atoms with van der Waals surface area (Å²) in [5.41, 5.74) is 4.27. The van der Waals surface area contributed by atoms with E-state index in [0.29, 0.717) is 18.6 Å². The molecule has 1 heterocycles. The van der Waals surface area contributed by atoms with E-state index >= 15 is 0 Å². The molecular formula is C22H23NO5. The van der Waals surface area contributed by atoms with E-state index in [-0.39, 0.29) is 5.78 Å². The molecule has 0 spiro atoms. The van der Waals surface area contributed by atoms with Crippen molar-refractivity contribution in [3.63, 3.8) is 0 Å². The van der Waals surface area contributed by atoms with E-state index in [9.17, 15) is 14.4 Å². The average Bonchev–Trinajstić information content (AvgIpc) is 2.65. The Morgan fingerprint density at radius 1 is 0.929 bits per heavy atom. The van der Waals surface area contributed by atoms with Crippen LogP contribution in [0.3, 0.4) is 0 Å². The number of ketones is 1. The van der Waals surface area contributed by atoms with Crippen LogP contribution in [0.5, 0.6) is 0 Å². The predicted molar refractivity (Wildman–Crippen MR) is 108 cm³/mol. The van der Waals surface area contributed by atoms with Gasteiger partial charge in [0.2, 0.25) is 0 Å². The molecule has 0 atom stereocenters. The fourth-order valence-electron chi connectivity index (χ4n) is 2.83. The highest BCUT2D eigenvalue weighted by atomic mass is 16.4. The van der Waals surface area contributed by atoms with Crippen molar-refractivity contribution in [2.24, 2.45) is 0 Å². The summed E-state index contributed by atoms with van der Waals surface area (Å²) < 4.78 is 0. The summed E-state index contributed by atoms with van der Waals surface area (Å²) in [4.78, 5) is 33.7. The number of carbonyl (C=O) groups excluding carboxylic acids is 1. The summed E-state index contributed by atoms with van der Waals surface area (Å²) in [6.07, 6.45) is 2.90. The highest BCUT2D eigenvalue weighted by Crippen LogP contribution is 2.36. The monoisotopic (exact) mass is 381 g/mol. The van der Waals surface area contributed by atoms with Gasteiger partial charge in [-0.3, -0.25) is 4.79 Å². The molecule has 146 valence electrons. The number of anilines is 1. The summed E-state index contributed by atoms with van der Waals surface area (Å²) in [5.74, 6) is -2.30. The number of aliphatic carboxylic acids is 2. The molecule has 0 saturated carbocycles. The number of rotatable bonds is 6. The Bertz CT molecular complexity index is 854. The van der Waals surface area contributed by atoms with Crippen LogP contribution in [0.15, 0.2) is 60.7 Å². The Hall–Kier alpha value is -3.41. The molecule has 6 nitrogen and oxygen atoms in total. The maximum Gasteiger partial charge on any atom is 0.328 e. The third kappa shape index (κ3) is 5.54. The van der Waals surface area contributed by atoms with Crippen LogP contribution in [0.25, 0.3) is 11.1 Å². The number of hydrogen-bond acceptors (Lipinski definition) is 4. The topological polar surface area (TPSA) is 94.9 Å². The first-order chi connectivity index (χ1) is 13.4. The number of hydrogen-bond donors (Lipinski definition) is 2. The van der Waals surface area contributed by atoms with E-state index in [1.807, 2.05) is 37.3 Å². The number of carboxylic acid groups (broad SMARTS) is 2. The molecule has 2 N–H and O–H groups in total. The molecule has 1 aliphatic rings. The Balaban J connectivity index is 0.000000300. The minimum atomic E-state index is -1.26. The first kappa shape index (κ1) is 20.9. The normalized spacial score (nSPS) is 12.7. The molecule has 2 aromatic rings. The summed E-state index contributed by atoms with van der Waals surface area (Å²) >= 11 is 0. The Kier molecular flexibility index (Phi) is 7.51. The van der Waals surface area contributed by atoms with Crippen LogP contribution in [0.2, 0.25) is 0 Å². The lowest BCUT2D eigenvalue weighted by Gasteiger charge is -2.35. The van der Waals surface area contributed by atoms with E-state index < -0.39 is 11.9 Å². The Labute approximate surface area is 163 Å². The molecule has 0 unspecified atom stereocenters. The Morgan fingerprint density at radius 2 is 1.54 bits per heavy atom. The van der Waals surface area contributed by atoms with Crippen molar-refractivity contribution in [1.29, 1.82) is 0 Å². The van der Waals surface area contributed by atoms with Gasteiger partial charge in [0.25, 0.3) is 0 Å². The van der Waals surface area contributed by atoms with Gasteiger partial charge < -0.3 is 15.1 Å². The molecule has 1 aliphatic heterocycles. The van der Waals surface area contributed by atoms with Gasteiger partial charge in [-0.25, -0.2) is 9.59 Å². The lowest BCUT2D eigenvalue weighted by Crippen LogP contribution is -2.37. The van der Waals surface area contributed by atoms with E-state index in [4.69, 9.17) is 10.2 Å². The smallest absolute Gasteiger partial charge is 0.328 e. The third-order valence-corrected chi connectivity index (χ3v) is 4.29. The van der Waals surface area contributed by atoms with Gasteiger partial charge in [0, 0.05) is 48.5 Å². The number of nitrogens with zero attached hydrogens (tertiary/aromatic N) is 1. The van der Waals surface area contributed by atoms with Gasteiger partial charge in [0.05, 0.1) is 0 Å². The molecule has 0 amide bonds. The first-order valence-electron chi connectivity index (χ1n) is 9.04. The summed E-state index contributed by atoms with van der Waals surface area (Å²) in [6, 6.07) is 16.3. The lowest BCUT2D eigenvalue weighted by atomic mass is 9.93. The van der Waals surface area contributed by atoms with Gasteiger partial charge in [0.15, 0.2) is 5.78 Å². The summed E-state index contributed by atoms with van der Waals surface area (Å²) in [7, 11) is 0. The molecule has 0 aromatic heterocycles. The fourth-order valence-corrected chi connectivity index (χ4v) is 2.83. The lowest BCUT2D eigenvalue weighted by molar-refractivity contribution is -0.134. The van der Waals surface area contributed by atoms with Crippen LogP contribution in [-0.2, 0) is 9.59 Å². The number of Topliss-reactive ketones (excluding diaryl/α,β-unsaturated/α-hetero) is 1. The van der Waals surface area contributed by atoms with Crippen molar-refractivity contribution in [3.8, 4) is 11.1 Å². The van der Waals surface area contributed by atoms with Crippen LogP contribution in [-0.4, -0.2) is 41.0 Å². The predicted octanol–water partition coefficient (Wildman–Crippen LogP) is 3.87. The number of benzene rings is 2. The third-order valence-electron chi connectivity index (χ3n) is 4.29. The molecule has 0 bridgehead atoms. The zero-order valence-corrected chi connectivity index (χ0v) is 15.7. The Morgan fingerprint density at radius 3 is 2.00 bits per heavy atom. The van der Waals surface area contributed by atoms with Crippen LogP contribution in [0.4, 0.5) is 5.69 Å². The van der Waals surface area contributed by atoms with Gasteiger partial charge in [0.1, 0.15) is 0 Å². The highest BCUT2D eigenvalue weighted by molar-refractivity contribution is 6.05. The van der Waals surface area contributed by atoms with Crippen molar-refractivity contribution in [3.05, 3.63) is 66.2 Å². The molecule has 1 fully saturated rings. The molecule has 2 aromatic carbocycles.